The fraction of sp³-hybridized carbons (Fsp3) is 0.333. The Bertz CT molecular complexity index is 580. The van der Waals surface area contributed by atoms with E-state index >= 15 is 0 Å². The van der Waals surface area contributed by atoms with Gasteiger partial charge < -0.3 is 5.73 Å². The average Bonchev–Trinajstić information content (AvgIpc) is 2.69. The van der Waals surface area contributed by atoms with Gasteiger partial charge in [0, 0.05) is 13.1 Å². The summed E-state index contributed by atoms with van der Waals surface area (Å²) in [6.07, 6.45) is 13.8. The first kappa shape index (κ1) is 20.2. The van der Waals surface area contributed by atoms with E-state index in [2.05, 4.69) is 89.9 Å². The second kappa shape index (κ2) is 13.1. The normalized spacial score (nSPS) is 11.8. The van der Waals surface area contributed by atoms with Gasteiger partial charge in [0.2, 0.25) is 0 Å². The molecular weight excluding hydrogens is 316 g/mol. The van der Waals surface area contributed by atoms with Crippen molar-refractivity contribution in [2.45, 2.75) is 25.7 Å². The van der Waals surface area contributed by atoms with Crippen LogP contribution in [0, 0.1) is 0 Å². The smallest absolute Gasteiger partial charge is 0.0169 e. The van der Waals surface area contributed by atoms with Crippen LogP contribution in [0.4, 0.5) is 0 Å². The summed E-state index contributed by atoms with van der Waals surface area (Å²) < 4.78 is 0. The molecule has 0 saturated carbocycles. The van der Waals surface area contributed by atoms with Gasteiger partial charge >= 0.3 is 0 Å². The summed E-state index contributed by atoms with van der Waals surface area (Å²) in [5.41, 5.74) is 8.10. The van der Waals surface area contributed by atoms with Crippen molar-refractivity contribution in [3.63, 3.8) is 0 Å². The summed E-state index contributed by atoms with van der Waals surface area (Å²) in [4.78, 5) is 2.50. The zero-order valence-corrected chi connectivity index (χ0v) is 15.8. The van der Waals surface area contributed by atoms with Gasteiger partial charge in [-0.2, -0.15) is 0 Å². The van der Waals surface area contributed by atoms with Gasteiger partial charge in [-0.3, -0.25) is 4.90 Å². The van der Waals surface area contributed by atoms with Gasteiger partial charge in [0.05, 0.1) is 0 Å². The fourth-order valence-electron chi connectivity index (χ4n) is 2.89. The molecule has 0 aliphatic carbocycles. The highest BCUT2D eigenvalue weighted by atomic mass is 15.1. The Labute approximate surface area is 159 Å². The third-order valence-electron chi connectivity index (χ3n) is 4.38. The molecule has 0 aromatic heterocycles. The lowest BCUT2D eigenvalue weighted by molar-refractivity contribution is 0.325. The van der Waals surface area contributed by atoms with Crippen molar-refractivity contribution in [3.8, 4) is 0 Å². The van der Waals surface area contributed by atoms with Crippen LogP contribution in [0.15, 0.2) is 72.8 Å². The lowest BCUT2D eigenvalue weighted by Gasteiger charge is -2.19. The van der Waals surface area contributed by atoms with Crippen LogP contribution in [-0.2, 0) is 0 Å². The summed E-state index contributed by atoms with van der Waals surface area (Å²) in [7, 11) is 0. The third kappa shape index (κ3) is 8.80. The first-order valence-electron chi connectivity index (χ1n) is 9.74. The molecular formula is C24H32N2. The molecule has 0 bridgehead atoms. The molecule has 2 nitrogen and oxygen atoms in total. The van der Waals surface area contributed by atoms with Crippen LogP contribution in [0.5, 0.6) is 0 Å². The van der Waals surface area contributed by atoms with E-state index < -0.39 is 0 Å². The highest BCUT2D eigenvalue weighted by Crippen LogP contribution is 2.06. The topological polar surface area (TPSA) is 29.3 Å². The summed E-state index contributed by atoms with van der Waals surface area (Å²) in [5.74, 6) is 0. The van der Waals surface area contributed by atoms with E-state index in [9.17, 15) is 0 Å². The number of hydrogen-bond donors (Lipinski definition) is 1. The number of nitrogens with two attached hydrogens (primary N) is 1. The predicted molar refractivity (Wildman–Crippen MR) is 115 cm³/mol. The Balaban J connectivity index is 1.83. The van der Waals surface area contributed by atoms with Crippen LogP contribution >= 0.6 is 0 Å². The van der Waals surface area contributed by atoms with Crippen LogP contribution in [-0.4, -0.2) is 31.1 Å². The molecule has 0 radical (unpaired) electrons. The van der Waals surface area contributed by atoms with Gasteiger partial charge in [-0.25, -0.2) is 0 Å². The molecule has 0 amide bonds. The number of nitrogens with zero attached hydrogens (tertiary/aromatic N) is 1. The van der Waals surface area contributed by atoms with Gasteiger partial charge in [-0.05, 0) is 37.1 Å². The Kier molecular flexibility index (Phi) is 10.2. The Morgan fingerprint density at radius 3 is 1.65 bits per heavy atom. The van der Waals surface area contributed by atoms with Crippen molar-refractivity contribution in [2.75, 3.05) is 26.2 Å². The van der Waals surface area contributed by atoms with Gasteiger partial charge in [-0.1, -0.05) is 97.8 Å². The van der Waals surface area contributed by atoms with Crippen LogP contribution in [0.3, 0.4) is 0 Å². The minimum atomic E-state index is 0.809. The molecule has 0 unspecified atom stereocenters. The molecule has 2 rings (SSSR count). The highest BCUT2D eigenvalue weighted by molar-refractivity contribution is 5.49. The number of hydrogen-bond acceptors (Lipinski definition) is 2. The number of benzene rings is 2. The van der Waals surface area contributed by atoms with Crippen LogP contribution in [0.25, 0.3) is 12.2 Å². The van der Waals surface area contributed by atoms with Crippen molar-refractivity contribution in [1.82, 2.24) is 4.90 Å². The molecule has 2 aromatic carbocycles. The molecule has 138 valence electrons. The van der Waals surface area contributed by atoms with Crippen molar-refractivity contribution in [2.24, 2.45) is 5.73 Å². The first-order chi connectivity index (χ1) is 12.9. The second-order valence-electron chi connectivity index (χ2n) is 6.59. The zero-order chi connectivity index (χ0) is 18.3. The fourth-order valence-corrected chi connectivity index (χ4v) is 2.89. The van der Waals surface area contributed by atoms with Crippen LogP contribution in [0.1, 0.15) is 36.8 Å². The largest absolute Gasteiger partial charge is 0.330 e. The maximum absolute atomic E-state index is 5.58. The molecule has 0 aliphatic rings. The Morgan fingerprint density at radius 2 is 1.15 bits per heavy atom. The molecule has 0 heterocycles. The first-order valence-corrected chi connectivity index (χ1v) is 9.74. The minimum Gasteiger partial charge on any atom is -0.330 e. The monoisotopic (exact) mass is 348 g/mol. The van der Waals surface area contributed by atoms with E-state index in [0.717, 1.165) is 32.6 Å². The summed E-state index contributed by atoms with van der Waals surface area (Å²) in [6, 6.07) is 21.0. The van der Waals surface area contributed by atoms with E-state index in [4.69, 9.17) is 5.73 Å². The number of unbranched alkanes of at least 4 members (excludes halogenated alkanes) is 3. The molecule has 26 heavy (non-hydrogen) atoms. The van der Waals surface area contributed by atoms with Gasteiger partial charge in [-0.15, -0.1) is 0 Å². The Hall–Kier alpha value is -2.16. The highest BCUT2D eigenvalue weighted by Gasteiger charge is 2.01. The van der Waals surface area contributed by atoms with Crippen molar-refractivity contribution < 1.29 is 0 Å². The van der Waals surface area contributed by atoms with Crippen LogP contribution < -0.4 is 5.73 Å². The third-order valence-corrected chi connectivity index (χ3v) is 4.38. The maximum atomic E-state index is 5.58. The van der Waals surface area contributed by atoms with E-state index in [1.807, 2.05) is 0 Å². The van der Waals surface area contributed by atoms with Crippen molar-refractivity contribution in [3.05, 3.63) is 83.9 Å². The maximum Gasteiger partial charge on any atom is 0.0169 e. The second-order valence-corrected chi connectivity index (χ2v) is 6.59. The summed E-state index contributed by atoms with van der Waals surface area (Å²) in [6.45, 7) is 3.89. The van der Waals surface area contributed by atoms with E-state index in [1.54, 1.807) is 0 Å². The molecule has 0 fully saturated rings. The molecule has 2 aromatic rings. The molecule has 0 saturated heterocycles. The van der Waals surface area contributed by atoms with Crippen LogP contribution in [0.2, 0.25) is 0 Å². The van der Waals surface area contributed by atoms with Crippen molar-refractivity contribution >= 4 is 12.2 Å². The van der Waals surface area contributed by atoms with E-state index in [1.165, 1.54) is 30.4 Å². The molecule has 2 N–H and O–H groups in total. The summed E-state index contributed by atoms with van der Waals surface area (Å²) in [5, 5.41) is 0. The van der Waals surface area contributed by atoms with E-state index in [-0.39, 0.29) is 0 Å². The Morgan fingerprint density at radius 1 is 0.654 bits per heavy atom. The van der Waals surface area contributed by atoms with Gasteiger partial charge in [0.15, 0.2) is 0 Å². The quantitative estimate of drug-likeness (QED) is 0.532. The zero-order valence-electron chi connectivity index (χ0n) is 15.8. The lowest BCUT2D eigenvalue weighted by atomic mass is 10.1. The predicted octanol–water partition coefficient (Wildman–Crippen LogP) is 5.23. The van der Waals surface area contributed by atoms with Crippen molar-refractivity contribution in [1.29, 1.82) is 0 Å². The summed E-state index contributed by atoms with van der Waals surface area (Å²) >= 11 is 0. The van der Waals surface area contributed by atoms with E-state index in [0.29, 0.717) is 0 Å². The van der Waals surface area contributed by atoms with Gasteiger partial charge in [0.1, 0.15) is 0 Å². The number of rotatable bonds is 12. The molecule has 0 spiro atoms. The molecule has 0 aliphatic heterocycles. The minimum absolute atomic E-state index is 0.809. The lowest BCUT2D eigenvalue weighted by Crippen LogP contribution is -2.25. The molecule has 0 atom stereocenters. The molecule has 2 heteroatoms. The standard InChI is InChI=1S/C24H32N2/c25-19-9-1-2-10-20-26(21-11-17-23-13-5-3-6-14-23)22-12-18-24-15-7-4-8-16-24/h3-8,11-18H,1-2,9-10,19-22,25H2/b17-11+,18-12+. The average molecular weight is 349 g/mol. The van der Waals surface area contributed by atoms with Gasteiger partial charge in [0.25, 0.3) is 0 Å². The SMILES string of the molecule is NCCCCCCN(C/C=C/c1ccccc1)C/C=C/c1ccccc1.